The minimum Gasteiger partial charge on any atom is -0.390 e. The van der Waals surface area contributed by atoms with Crippen LogP contribution in [0, 0.1) is 0 Å². The van der Waals surface area contributed by atoms with Crippen LogP contribution in [-0.4, -0.2) is 42.4 Å². The summed E-state index contributed by atoms with van der Waals surface area (Å²) in [5.74, 6) is 0. The van der Waals surface area contributed by atoms with Gasteiger partial charge in [-0.2, -0.15) is 0 Å². The second-order valence-electron chi connectivity index (χ2n) is 6.70. The van der Waals surface area contributed by atoms with Gasteiger partial charge < -0.3 is 24.1 Å². The van der Waals surface area contributed by atoms with Gasteiger partial charge >= 0.3 is 0 Å². The summed E-state index contributed by atoms with van der Waals surface area (Å²) < 4.78 is 23.5. The van der Waals surface area contributed by atoms with E-state index in [1.807, 2.05) is 60.7 Å². The lowest BCUT2D eigenvalue weighted by molar-refractivity contribution is -0.343. The highest BCUT2D eigenvalue weighted by Gasteiger charge is 2.49. The Hall–Kier alpha value is -2.45. The molecule has 2 aromatic rings. The number of benzene rings is 2. The van der Waals surface area contributed by atoms with E-state index in [2.05, 4.69) is 10.0 Å². The first-order valence-electron chi connectivity index (χ1n) is 9.11. The molecular formula is C20H21N3O5. The average Bonchev–Trinajstić information content (AvgIpc) is 2.76. The van der Waals surface area contributed by atoms with Crippen LogP contribution in [0.2, 0.25) is 0 Å². The van der Waals surface area contributed by atoms with Gasteiger partial charge in [0, 0.05) is 10.5 Å². The molecule has 2 fully saturated rings. The Morgan fingerprint density at radius 1 is 1.07 bits per heavy atom. The fourth-order valence-electron chi connectivity index (χ4n) is 3.43. The smallest absolute Gasteiger partial charge is 0.184 e. The molecule has 6 atom stereocenters. The van der Waals surface area contributed by atoms with Gasteiger partial charge in [-0.1, -0.05) is 65.8 Å². The molecular weight excluding hydrogens is 362 g/mol. The highest BCUT2D eigenvalue weighted by molar-refractivity contribution is 5.17. The van der Waals surface area contributed by atoms with Crippen LogP contribution in [0.5, 0.6) is 0 Å². The molecule has 146 valence electrons. The van der Waals surface area contributed by atoms with E-state index >= 15 is 0 Å². The molecule has 28 heavy (non-hydrogen) atoms. The van der Waals surface area contributed by atoms with Crippen LogP contribution in [0.15, 0.2) is 65.8 Å². The molecule has 2 saturated heterocycles. The Morgan fingerprint density at radius 3 is 2.50 bits per heavy atom. The maximum absolute atomic E-state index is 10.8. The molecule has 2 aromatic carbocycles. The summed E-state index contributed by atoms with van der Waals surface area (Å²) in [4.78, 5) is 2.85. The van der Waals surface area contributed by atoms with E-state index in [0.29, 0.717) is 0 Å². The van der Waals surface area contributed by atoms with E-state index in [1.165, 1.54) is 0 Å². The van der Waals surface area contributed by atoms with Crippen molar-refractivity contribution in [3.63, 3.8) is 0 Å². The molecule has 4 rings (SSSR count). The Morgan fingerprint density at radius 2 is 1.79 bits per heavy atom. The summed E-state index contributed by atoms with van der Waals surface area (Å²) in [6.45, 7) is 0.497. The van der Waals surface area contributed by atoms with Gasteiger partial charge in [0.2, 0.25) is 0 Å². The standard InChI is InChI=1S/C20H21N3O5/c21-23-22-16-17(24)18-15(12-26-19(28-18)14-9-5-2-6-10-14)27-20(16)25-11-13-7-3-1-4-8-13/h1-10,15-20,24H,11-12H2/t15-,16-,17-,18-,19+,20?/m1/s1. The van der Waals surface area contributed by atoms with E-state index in [0.717, 1.165) is 11.1 Å². The molecule has 2 aliphatic rings. The number of nitrogens with zero attached hydrogens (tertiary/aromatic N) is 3. The van der Waals surface area contributed by atoms with E-state index in [4.69, 9.17) is 24.5 Å². The summed E-state index contributed by atoms with van der Waals surface area (Å²) in [5.41, 5.74) is 10.7. The van der Waals surface area contributed by atoms with Gasteiger partial charge in [-0.15, -0.1) is 0 Å². The zero-order valence-electron chi connectivity index (χ0n) is 15.1. The number of azide groups is 1. The van der Waals surface area contributed by atoms with Crippen molar-refractivity contribution in [3.8, 4) is 0 Å². The lowest BCUT2D eigenvalue weighted by atomic mass is 9.96. The number of rotatable bonds is 5. The summed E-state index contributed by atoms with van der Waals surface area (Å²) >= 11 is 0. The molecule has 8 heteroatoms. The first-order chi connectivity index (χ1) is 13.8. The zero-order chi connectivity index (χ0) is 19.3. The maximum atomic E-state index is 10.8. The number of ether oxygens (including phenoxy) is 4. The van der Waals surface area contributed by atoms with Crippen molar-refractivity contribution < 1.29 is 24.1 Å². The second-order valence-corrected chi connectivity index (χ2v) is 6.70. The fourth-order valence-corrected chi connectivity index (χ4v) is 3.43. The van der Waals surface area contributed by atoms with Gasteiger partial charge in [-0.3, -0.25) is 0 Å². The van der Waals surface area contributed by atoms with E-state index in [-0.39, 0.29) is 13.2 Å². The van der Waals surface area contributed by atoms with Crippen molar-refractivity contribution in [1.82, 2.24) is 0 Å². The first-order valence-corrected chi connectivity index (χ1v) is 9.11. The highest BCUT2D eigenvalue weighted by atomic mass is 16.7. The van der Waals surface area contributed by atoms with Gasteiger partial charge in [0.25, 0.3) is 0 Å². The maximum Gasteiger partial charge on any atom is 0.184 e. The van der Waals surface area contributed by atoms with Gasteiger partial charge in [0.05, 0.1) is 19.3 Å². The van der Waals surface area contributed by atoms with E-state index < -0.39 is 36.9 Å². The lowest BCUT2D eigenvalue weighted by Gasteiger charge is -2.46. The van der Waals surface area contributed by atoms with Crippen LogP contribution in [0.3, 0.4) is 0 Å². The number of hydrogen-bond donors (Lipinski definition) is 1. The Kier molecular flexibility index (Phi) is 5.87. The number of fused-ring (bicyclic) bond motifs is 1. The number of aliphatic hydroxyl groups excluding tert-OH is 1. The van der Waals surface area contributed by atoms with Gasteiger partial charge in [-0.25, -0.2) is 0 Å². The molecule has 0 aliphatic carbocycles. The van der Waals surface area contributed by atoms with E-state index in [9.17, 15) is 5.11 Å². The van der Waals surface area contributed by atoms with Crippen LogP contribution >= 0.6 is 0 Å². The Bertz CT molecular complexity index is 815. The van der Waals surface area contributed by atoms with Crippen LogP contribution in [0.25, 0.3) is 10.4 Å². The molecule has 2 aliphatic heterocycles. The van der Waals surface area contributed by atoms with Crippen molar-refractivity contribution in [1.29, 1.82) is 0 Å². The summed E-state index contributed by atoms with van der Waals surface area (Å²) in [6, 6.07) is 18.1. The largest absolute Gasteiger partial charge is 0.390 e. The fraction of sp³-hybridized carbons (Fsp3) is 0.400. The lowest BCUT2D eigenvalue weighted by Crippen LogP contribution is -2.61. The molecule has 1 N–H and O–H groups in total. The predicted octanol–water partition coefficient (Wildman–Crippen LogP) is 3.08. The quantitative estimate of drug-likeness (QED) is 0.485. The van der Waals surface area contributed by atoms with Crippen molar-refractivity contribution >= 4 is 0 Å². The molecule has 2 heterocycles. The molecule has 0 saturated carbocycles. The average molecular weight is 383 g/mol. The minimum absolute atomic E-state index is 0.232. The third-order valence-corrected chi connectivity index (χ3v) is 4.85. The van der Waals surface area contributed by atoms with Crippen LogP contribution in [0.1, 0.15) is 17.4 Å². The van der Waals surface area contributed by atoms with Crippen LogP contribution < -0.4 is 0 Å². The molecule has 0 aromatic heterocycles. The third kappa shape index (κ3) is 4.02. The van der Waals surface area contributed by atoms with Gasteiger partial charge in [0.15, 0.2) is 12.6 Å². The Balaban J connectivity index is 1.47. The summed E-state index contributed by atoms with van der Waals surface area (Å²) in [7, 11) is 0. The summed E-state index contributed by atoms with van der Waals surface area (Å²) in [6.07, 6.45) is -3.81. The second kappa shape index (κ2) is 8.70. The molecule has 0 radical (unpaired) electrons. The minimum atomic E-state index is -1.08. The third-order valence-electron chi connectivity index (χ3n) is 4.85. The number of hydrogen-bond acceptors (Lipinski definition) is 6. The van der Waals surface area contributed by atoms with Crippen molar-refractivity contribution in [2.24, 2.45) is 5.11 Å². The monoisotopic (exact) mass is 383 g/mol. The Labute approximate surface area is 162 Å². The van der Waals surface area contributed by atoms with Gasteiger partial charge in [-0.05, 0) is 11.1 Å². The number of aliphatic hydroxyl groups is 1. The molecule has 1 unspecified atom stereocenters. The topological polar surface area (TPSA) is 106 Å². The molecule has 0 amide bonds. The summed E-state index contributed by atoms with van der Waals surface area (Å²) in [5, 5.41) is 14.5. The normalized spacial score (nSPS) is 32.2. The van der Waals surface area contributed by atoms with Crippen molar-refractivity contribution in [2.45, 2.75) is 43.5 Å². The highest BCUT2D eigenvalue weighted by Crippen LogP contribution is 2.35. The zero-order valence-corrected chi connectivity index (χ0v) is 15.1. The van der Waals surface area contributed by atoms with Crippen LogP contribution in [0.4, 0.5) is 0 Å². The molecule has 0 bridgehead atoms. The van der Waals surface area contributed by atoms with Crippen LogP contribution in [-0.2, 0) is 25.6 Å². The predicted molar refractivity (Wildman–Crippen MR) is 98.8 cm³/mol. The van der Waals surface area contributed by atoms with Gasteiger partial charge in [0.1, 0.15) is 18.2 Å². The molecule has 8 nitrogen and oxygen atoms in total. The SMILES string of the molecule is [N-]=[N+]=N[C@H]1C(OCc2ccccc2)O[C@@H]2CO[C@H](c3ccccc3)O[C@H]2[C@@H]1O. The van der Waals surface area contributed by atoms with E-state index in [1.54, 1.807) is 0 Å². The first kappa shape index (κ1) is 18.9. The van der Waals surface area contributed by atoms with Crippen molar-refractivity contribution in [3.05, 3.63) is 82.2 Å². The molecule has 0 spiro atoms. The van der Waals surface area contributed by atoms with Crippen molar-refractivity contribution in [2.75, 3.05) is 6.61 Å².